The third kappa shape index (κ3) is 2.04. The first-order valence-corrected chi connectivity index (χ1v) is 5.01. The average Bonchev–Trinajstić information content (AvgIpc) is 2.70. The topological polar surface area (TPSA) is 49.3 Å². The fourth-order valence-electron chi connectivity index (χ4n) is 1.96. The highest BCUT2D eigenvalue weighted by Crippen LogP contribution is 2.28. The Bertz CT molecular complexity index is 422. The van der Waals surface area contributed by atoms with Crippen LogP contribution in [0.2, 0.25) is 0 Å². The summed E-state index contributed by atoms with van der Waals surface area (Å²) in [5.41, 5.74) is 0.198. The Morgan fingerprint density at radius 1 is 1.38 bits per heavy atom. The highest BCUT2D eigenvalue weighted by Gasteiger charge is 2.31. The monoisotopic (exact) mass is 227 g/mol. The van der Waals surface area contributed by atoms with E-state index in [1.54, 1.807) is 0 Å². The summed E-state index contributed by atoms with van der Waals surface area (Å²) in [5.74, 6) is -1.98. The summed E-state index contributed by atoms with van der Waals surface area (Å²) in [6, 6.07) is 2.12. The molecule has 1 heterocycles. The van der Waals surface area contributed by atoms with Gasteiger partial charge >= 0.3 is 5.97 Å². The van der Waals surface area contributed by atoms with Crippen LogP contribution in [0.1, 0.15) is 24.4 Å². The number of hydrogen-bond donors (Lipinski definition) is 2. The zero-order chi connectivity index (χ0) is 11.7. The van der Waals surface area contributed by atoms with Crippen molar-refractivity contribution in [3.05, 3.63) is 35.4 Å². The first-order chi connectivity index (χ1) is 7.58. The molecule has 2 N–H and O–H groups in total. The molecule has 0 saturated carbocycles. The lowest BCUT2D eigenvalue weighted by Crippen LogP contribution is -2.32. The van der Waals surface area contributed by atoms with Gasteiger partial charge < -0.3 is 5.11 Å². The van der Waals surface area contributed by atoms with Crippen LogP contribution in [0.25, 0.3) is 0 Å². The second-order valence-electron chi connectivity index (χ2n) is 3.85. The number of carboxylic acid groups (broad SMARTS) is 1. The number of nitrogens with one attached hydrogen (secondary N) is 1. The Labute approximate surface area is 91.1 Å². The van der Waals surface area contributed by atoms with Crippen LogP contribution in [0.3, 0.4) is 0 Å². The summed E-state index contributed by atoms with van der Waals surface area (Å²) >= 11 is 0. The molecule has 0 radical (unpaired) electrons. The third-order valence-corrected chi connectivity index (χ3v) is 2.78. The Morgan fingerprint density at radius 3 is 2.75 bits per heavy atom. The number of hydrogen-bond acceptors (Lipinski definition) is 2. The number of benzene rings is 1. The molecular weight excluding hydrogens is 216 g/mol. The van der Waals surface area contributed by atoms with Crippen molar-refractivity contribution in [1.82, 2.24) is 5.32 Å². The van der Waals surface area contributed by atoms with Crippen molar-refractivity contribution in [2.45, 2.75) is 24.9 Å². The van der Waals surface area contributed by atoms with E-state index in [-0.39, 0.29) is 5.56 Å². The van der Waals surface area contributed by atoms with Crippen LogP contribution >= 0.6 is 0 Å². The molecule has 0 spiro atoms. The smallest absolute Gasteiger partial charge is 0.320 e. The minimum atomic E-state index is -0.959. The van der Waals surface area contributed by atoms with Crippen molar-refractivity contribution < 1.29 is 18.7 Å². The van der Waals surface area contributed by atoms with Gasteiger partial charge in [0.2, 0.25) is 0 Å². The minimum absolute atomic E-state index is 0.198. The largest absolute Gasteiger partial charge is 0.480 e. The lowest BCUT2D eigenvalue weighted by atomic mass is 10.0. The molecule has 2 atom stereocenters. The molecule has 16 heavy (non-hydrogen) atoms. The Kier molecular flexibility index (Phi) is 2.87. The lowest BCUT2D eigenvalue weighted by molar-refractivity contribution is -0.139. The highest BCUT2D eigenvalue weighted by atomic mass is 19.1. The van der Waals surface area contributed by atoms with Gasteiger partial charge in [0.15, 0.2) is 0 Å². The second-order valence-corrected chi connectivity index (χ2v) is 3.85. The van der Waals surface area contributed by atoms with Gasteiger partial charge in [-0.15, -0.1) is 0 Å². The van der Waals surface area contributed by atoms with Gasteiger partial charge in [-0.3, -0.25) is 10.1 Å². The maximum Gasteiger partial charge on any atom is 0.320 e. The Morgan fingerprint density at radius 2 is 2.12 bits per heavy atom. The van der Waals surface area contributed by atoms with Crippen LogP contribution < -0.4 is 5.32 Å². The van der Waals surface area contributed by atoms with Crippen molar-refractivity contribution in [2.24, 2.45) is 0 Å². The molecular formula is C11H11F2NO2. The van der Waals surface area contributed by atoms with E-state index in [1.165, 1.54) is 0 Å². The molecule has 0 bridgehead atoms. The predicted molar refractivity (Wildman–Crippen MR) is 52.9 cm³/mol. The van der Waals surface area contributed by atoms with Crippen molar-refractivity contribution >= 4 is 5.97 Å². The van der Waals surface area contributed by atoms with Crippen LogP contribution in [0.4, 0.5) is 8.78 Å². The van der Waals surface area contributed by atoms with E-state index >= 15 is 0 Å². The van der Waals surface area contributed by atoms with E-state index in [0.29, 0.717) is 12.8 Å². The van der Waals surface area contributed by atoms with Crippen molar-refractivity contribution in [1.29, 1.82) is 0 Å². The van der Waals surface area contributed by atoms with Gasteiger partial charge in [0.05, 0.1) is 0 Å². The second kappa shape index (κ2) is 4.17. The highest BCUT2D eigenvalue weighted by molar-refractivity contribution is 5.73. The quantitative estimate of drug-likeness (QED) is 0.810. The number of aliphatic carboxylic acids is 1. The molecule has 1 aliphatic heterocycles. The molecule has 1 saturated heterocycles. The first-order valence-electron chi connectivity index (χ1n) is 5.01. The fourth-order valence-corrected chi connectivity index (χ4v) is 1.96. The summed E-state index contributed by atoms with van der Waals surface area (Å²) in [7, 11) is 0. The normalized spacial score (nSPS) is 24.6. The molecule has 0 amide bonds. The van der Waals surface area contributed by atoms with Crippen molar-refractivity contribution in [2.75, 3.05) is 0 Å². The van der Waals surface area contributed by atoms with Gasteiger partial charge in [0.1, 0.15) is 17.7 Å². The Hall–Kier alpha value is -1.49. The molecule has 0 aliphatic carbocycles. The van der Waals surface area contributed by atoms with Gasteiger partial charge in [-0.1, -0.05) is 0 Å². The van der Waals surface area contributed by atoms with Gasteiger partial charge in [0.25, 0.3) is 0 Å². The predicted octanol–water partition coefficient (Wildman–Crippen LogP) is 1.84. The van der Waals surface area contributed by atoms with Crippen LogP contribution in [0.5, 0.6) is 0 Å². The van der Waals surface area contributed by atoms with Crippen LogP contribution in [0, 0.1) is 11.6 Å². The first kappa shape index (κ1) is 11.0. The number of carboxylic acids is 1. The summed E-state index contributed by atoms with van der Waals surface area (Å²) in [6.45, 7) is 0. The zero-order valence-electron chi connectivity index (χ0n) is 8.41. The van der Waals surface area contributed by atoms with Crippen LogP contribution in [-0.4, -0.2) is 17.1 Å². The number of carbonyl (C=O) groups is 1. The molecule has 2 rings (SSSR count). The molecule has 86 valence electrons. The van der Waals surface area contributed by atoms with Crippen molar-refractivity contribution in [3.63, 3.8) is 0 Å². The maximum atomic E-state index is 13.4. The molecule has 1 fully saturated rings. The summed E-state index contributed by atoms with van der Waals surface area (Å²) < 4.78 is 26.3. The summed E-state index contributed by atoms with van der Waals surface area (Å²) in [4.78, 5) is 10.7. The van der Waals surface area contributed by atoms with Crippen LogP contribution in [-0.2, 0) is 4.79 Å². The summed E-state index contributed by atoms with van der Waals surface area (Å²) in [5, 5.41) is 11.5. The SMILES string of the molecule is O=C(O)C1CCC(c2cc(F)ccc2F)N1. The average molecular weight is 227 g/mol. The molecule has 1 aromatic carbocycles. The van der Waals surface area contributed by atoms with E-state index in [2.05, 4.69) is 5.32 Å². The maximum absolute atomic E-state index is 13.4. The van der Waals surface area contributed by atoms with E-state index in [9.17, 15) is 13.6 Å². The van der Waals surface area contributed by atoms with Gasteiger partial charge in [-0.2, -0.15) is 0 Å². The molecule has 2 unspecified atom stereocenters. The summed E-state index contributed by atoms with van der Waals surface area (Å²) in [6.07, 6.45) is 0.924. The third-order valence-electron chi connectivity index (χ3n) is 2.78. The van der Waals surface area contributed by atoms with E-state index < -0.39 is 29.7 Å². The molecule has 1 aliphatic rings. The van der Waals surface area contributed by atoms with Gasteiger partial charge in [-0.25, -0.2) is 8.78 Å². The zero-order valence-corrected chi connectivity index (χ0v) is 8.41. The van der Waals surface area contributed by atoms with E-state index in [0.717, 1.165) is 18.2 Å². The number of halogens is 2. The van der Waals surface area contributed by atoms with E-state index in [4.69, 9.17) is 5.11 Å². The lowest BCUT2D eigenvalue weighted by Gasteiger charge is -2.13. The molecule has 5 heteroatoms. The standard InChI is InChI=1S/C11H11F2NO2/c12-6-1-2-8(13)7(5-6)9-3-4-10(14-9)11(15)16/h1-2,5,9-10,14H,3-4H2,(H,15,16). The van der Waals surface area contributed by atoms with Crippen molar-refractivity contribution in [3.8, 4) is 0 Å². The van der Waals surface area contributed by atoms with Gasteiger partial charge in [-0.05, 0) is 31.0 Å². The number of rotatable bonds is 2. The van der Waals surface area contributed by atoms with Gasteiger partial charge in [0, 0.05) is 11.6 Å². The Balaban J connectivity index is 2.20. The fraction of sp³-hybridized carbons (Fsp3) is 0.364. The molecule has 1 aromatic rings. The minimum Gasteiger partial charge on any atom is -0.480 e. The van der Waals surface area contributed by atoms with E-state index in [1.807, 2.05) is 0 Å². The molecule has 0 aromatic heterocycles. The molecule has 3 nitrogen and oxygen atoms in total. The van der Waals surface area contributed by atoms with Crippen LogP contribution in [0.15, 0.2) is 18.2 Å².